The fourth-order valence-corrected chi connectivity index (χ4v) is 4.98. The number of hydrogen-bond acceptors (Lipinski definition) is 5. The molecule has 2 N–H and O–H groups in total. The maximum absolute atomic E-state index is 12.0. The van der Waals surface area contributed by atoms with E-state index in [1.54, 1.807) is 19.0 Å². The molecule has 7 nitrogen and oxygen atoms in total. The molecule has 2 amide bonds. The number of likely N-dealkylation sites (N-methyl/N-ethyl adjacent to an activating group) is 1. The van der Waals surface area contributed by atoms with E-state index >= 15 is 0 Å². The molecule has 4 unspecified atom stereocenters. The van der Waals surface area contributed by atoms with Gasteiger partial charge in [0.05, 0.1) is 12.1 Å². The average molecular weight is 339 g/mol. The second-order valence-corrected chi connectivity index (χ2v) is 7.85. The molecule has 8 heteroatoms. The maximum atomic E-state index is 12.0. The lowest BCUT2D eigenvalue weighted by Gasteiger charge is -2.37. The summed E-state index contributed by atoms with van der Waals surface area (Å²) in [6.07, 6.45) is 1.09. The van der Waals surface area contributed by atoms with E-state index in [1.807, 2.05) is 6.92 Å². The molecule has 0 bridgehead atoms. The van der Waals surface area contributed by atoms with Gasteiger partial charge in [-0.15, -0.1) is 11.8 Å². The number of carboxylic acids is 1. The molecular formula is C15H21N3O4S. The van der Waals surface area contributed by atoms with Crippen molar-refractivity contribution in [1.82, 2.24) is 15.1 Å². The van der Waals surface area contributed by atoms with Crippen molar-refractivity contribution >= 4 is 29.5 Å². The van der Waals surface area contributed by atoms with Crippen LogP contribution in [0.2, 0.25) is 0 Å². The molecule has 126 valence electrons. The van der Waals surface area contributed by atoms with Gasteiger partial charge in [0.2, 0.25) is 11.8 Å². The number of fused-ring (bicyclic) bond motifs is 1. The minimum absolute atomic E-state index is 0.00957. The van der Waals surface area contributed by atoms with Crippen molar-refractivity contribution in [3.05, 3.63) is 10.6 Å². The number of carbonyl (C=O) groups is 3. The Hall–Kier alpha value is -1.54. The first-order valence-electron chi connectivity index (χ1n) is 7.72. The van der Waals surface area contributed by atoms with E-state index in [2.05, 4.69) is 5.32 Å². The molecular weight excluding hydrogens is 318 g/mol. The number of aliphatic carboxylic acids is 1. The molecule has 4 atom stereocenters. The lowest BCUT2D eigenvalue weighted by Crippen LogP contribution is -2.51. The molecule has 0 aromatic rings. The van der Waals surface area contributed by atoms with Crippen LogP contribution in [0.3, 0.4) is 0 Å². The Balaban J connectivity index is 1.74. The Morgan fingerprint density at radius 3 is 2.65 bits per heavy atom. The number of carbonyl (C=O) groups excluding carboxylic acids is 2. The zero-order valence-corrected chi connectivity index (χ0v) is 14.2. The van der Waals surface area contributed by atoms with Gasteiger partial charge in [-0.3, -0.25) is 9.59 Å². The molecule has 0 aliphatic carbocycles. The summed E-state index contributed by atoms with van der Waals surface area (Å²) in [4.78, 5) is 39.1. The molecule has 3 aliphatic heterocycles. The van der Waals surface area contributed by atoms with E-state index < -0.39 is 5.97 Å². The van der Waals surface area contributed by atoms with Crippen molar-refractivity contribution in [2.24, 2.45) is 5.92 Å². The van der Waals surface area contributed by atoms with Crippen LogP contribution in [0.1, 0.15) is 19.8 Å². The smallest absolute Gasteiger partial charge is 0.353 e. The number of nitrogens with zero attached hydrogens (tertiary/aromatic N) is 2. The van der Waals surface area contributed by atoms with Gasteiger partial charge in [-0.1, -0.05) is 6.92 Å². The van der Waals surface area contributed by atoms with Crippen molar-refractivity contribution in [2.45, 2.75) is 37.1 Å². The molecule has 3 rings (SSSR count). The van der Waals surface area contributed by atoms with Crippen LogP contribution in [-0.2, 0) is 14.4 Å². The van der Waals surface area contributed by atoms with E-state index in [1.165, 1.54) is 16.7 Å². The third-order valence-corrected chi connectivity index (χ3v) is 6.29. The number of nitrogens with one attached hydrogen (secondary N) is 1. The zero-order chi connectivity index (χ0) is 16.9. The van der Waals surface area contributed by atoms with Gasteiger partial charge in [-0.25, -0.2) is 4.79 Å². The van der Waals surface area contributed by atoms with E-state index in [-0.39, 0.29) is 40.8 Å². The monoisotopic (exact) mass is 339 g/mol. The summed E-state index contributed by atoms with van der Waals surface area (Å²) in [5.74, 6) is -1.06. The predicted molar refractivity (Wildman–Crippen MR) is 85.6 cm³/mol. The second kappa shape index (κ2) is 5.83. The maximum Gasteiger partial charge on any atom is 0.353 e. The Labute approximate surface area is 139 Å². The van der Waals surface area contributed by atoms with Crippen LogP contribution in [0.5, 0.6) is 0 Å². The van der Waals surface area contributed by atoms with Gasteiger partial charge >= 0.3 is 5.97 Å². The first-order valence-corrected chi connectivity index (χ1v) is 8.60. The van der Waals surface area contributed by atoms with E-state index in [9.17, 15) is 19.5 Å². The quantitative estimate of drug-likeness (QED) is 0.706. The van der Waals surface area contributed by atoms with Crippen molar-refractivity contribution in [3.8, 4) is 0 Å². The number of amides is 2. The summed E-state index contributed by atoms with van der Waals surface area (Å²) in [7, 11) is 3.45. The normalized spacial score (nSPS) is 32.8. The highest BCUT2D eigenvalue weighted by Crippen LogP contribution is 2.48. The van der Waals surface area contributed by atoms with Crippen LogP contribution >= 0.6 is 11.8 Å². The first kappa shape index (κ1) is 16.3. The highest BCUT2D eigenvalue weighted by Gasteiger charge is 2.52. The number of β-lactam (4-membered cyclic amide) rings is 1. The molecule has 0 radical (unpaired) electrons. The summed E-state index contributed by atoms with van der Waals surface area (Å²) in [5.41, 5.74) is 0.145. The minimum Gasteiger partial charge on any atom is -0.477 e. The number of thioether (sulfide) groups is 1. The molecule has 23 heavy (non-hydrogen) atoms. The third-order valence-electron chi connectivity index (χ3n) is 4.77. The summed E-state index contributed by atoms with van der Waals surface area (Å²) < 4.78 is 0. The first-order chi connectivity index (χ1) is 10.8. The summed E-state index contributed by atoms with van der Waals surface area (Å²) >= 11 is 1.51. The lowest BCUT2D eigenvalue weighted by atomic mass is 9.94. The number of hydrogen-bond donors (Lipinski definition) is 2. The van der Waals surface area contributed by atoms with Gasteiger partial charge in [0.25, 0.3) is 0 Å². The Morgan fingerprint density at radius 2 is 2.09 bits per heavy atom. The molecule has 0 aromatic heterocycles. The van der Waals surface area contributed by atoms with Crippen LogP contribution in [-0.4, -0.2) is 70.7 Å². The van der Waals surface area contributed by atoms with Crippen molar-refractivity contribution in [3.63, 3.8) is 0 Å². The minimum atomic E-state index is -1.04. The molecule has 0 spiro atoms. The van der Waals surface area contributed by atoms with Gasteiger partial charge in [-0.2, -0.15) is 0 Å². The van der Waals surface area contributed by atoms with Crippen LogP contribution in [0.15, 0.2) is 10.6 Å². The highest BCUT2D eigenvalue weighted by atomic mass is 32.2. The SMILES string of the molecule is CC1C(SC2CNC(C(=O)N(C)C)C2)=C(C(=O)O)N2C(=O)CC12. The highest BCUT2D eigenvalue weighted by molar-refractivity contribution is 8.03. The molecule has 0 saturated carbocycles. The van der Waals surface area contributed by atoms with Gasteiger partial charge in [-0.05, 0) is 6.42 Å². The summed E-state index contributed by atoms with van der Waals surface area (Å²) in [6, 6.07) is -0.226. The second-order valence-electron chi connectivity index (χ2n) is 6.51. The van der Waals surface area contributed by atoms with Crippen LogP contribution in [0.25, 0.3) is 0 Å². The molecule has 3 heterocycles. The molecule has 2 saturated heterocycles. The van der Waals surface area contributed by atoms with Gasteiger partial charge in [0.15, 0.2) is 0 Å². The molecule has 2 fully saturated rings. The van der Waals surface area contributed by atoms with Crippen molar-refractivity contribution in [2.75, 3.05) is 20.6 Å². The van der Waals surface area contributed by atoms with Crippen LogP contribution in [0.4, 0.5) is 0 Å². The Bertz CT molecular complexity index is 604. The average Bonchev–Trinajstić information content (AvgIpc) is 3.02. The Morgan fingerprint density at radius 1 is 1.39 bits per heavy atom. The van der Waals surface area contributed by atoms with Crippen molar-refractivity contribution in [1.29, 1.82) is 0 Å². The van der Waals surface area contributed by atoms with Gasteiger partial charge in [0.1, 0.15) is 5.70 Å². The van der Waals surface area contributed by atoms with Gasteiger partial charge < -0.3 is 20.2 Å². The largest absolute Gasteiger partial charge is 0.477 e. The molecule has 0 aromatic carbocycles. The van der Waals surface area contributed by atoms with Crippen molar-refractivity contribution < 1.29 is 19.5 Å². The third kappa shape index (κ3) is 2.63. The standard InChI is InChI=1S/C15H21N3O4S/c1-7-10-5-11(19)18(10)12(15(21)22)13(7)23-8-4-9(16-6-8)14(20)17(2)3/h7-10,16H,4-6H2,1-3H3,(H,21,22). The zero-order valence-electron chi connectivity index (χ0n) is 13.4. The predicted octanol–water partition coefficient (Wildman–Crippen LogP) is 0.0851. The van der Waals surface area contributed by atoms with Crippen LogP contribution < -0.4 is 5.32 Å². The van der Waals surface area contributed by atoms with E-state index in [4.69, 9.17) is 0 Å². The van der Waals surface area contributed by atoms with Crippen LogP contribution in [0, 0.1) is 5.92 Å². The molecule has 3 aliphatic rings. The fraction of sp³-hybridized carbons (Fsp3) is 0.667. The fourth-order valence-electron chi connectivity index (χ4n) is 3.49. The Kier molecular flexibility index (Phi) is 4.14. The van der Waals surface area contributed by atoms with Gasteiger partial charge in [0, 0.05) is 43.1 Å². The summed E-state index contributed by atoms with van der Waals surface area (Å²) in [5, 5.41) is 12.8. The topological polar surface area (TPSA) is 89.9 Å². The number of carboxylic acid groups (broad SMARTS) is 1. The lowest BCUT2D eigenvalue weighted by molar-refractivity contribution is -0.148. The van der Waals surface area contributed by atoms with E-state index in [0.717, 1.165) is 4.91 Å². The van der Waals surface area contributed by atoms with E-state index in [0.29, 0.717) is 19.4 Å². The summed E-state index contributed by atoms with van der Waals surface area (Å²) in [6.45, 7) is 2.64. The number of rotatable bonds is 4.